The Labute approximate surface area is 158 Å². The molecule has 0 atom stereocenters. The number of para-hydroxylation sites is 2. The van der Waals surface area contributed by atoms with E-state index in [1.807, 2.05) is 28.8 Å². The van der Waals surface area contributed by atoms with Crippen LogP contribution in [0, 0.1) is 5.92 Å². The first-order valence-electron chi connectivity index (χ1n) is 10.3. The van der Waals surface area contributed by atoms with E-state index in [-0.39, 0.29) is 24.6 Å². The molecule has 0 bridgehead atoms. The summed E-state index contributed by atoms with van der Waals surface area (Å²) in [5, 5.41) is 0. The molecule has 0 radical (unpaired) electrons. The number of imidazole rings is 1. The Morgan fingerprint density at radius 1 is 1.04 bits per heavy atom. The Morgan fingerprint density at radius 2 is 1.70 bits per heavy atom. The molecule has 2 aliphatic rings. The number of alkyl halides is 2. The van der Waals surface area contributed by atoms with Gasteiger partial charge in [-0.2, -0.15) is 0 Å². The number of halogens is 2. The Bertz CT molecular complexity index is 808. The van der Waals surface area contributed by atoms with Crippen LogP contribution in [0.25, 0.3) is 11.0 Å². The van der Waals surface area contributed by atoms with Crippen LogP contribution in [-0.2, 0) is 0 Å². The third kappa shape index (κ3) is 4.26. The lowest BCUT2D eigenvalue weighted by atomic mass is 9.88. The highest BCUT2D eigenvalue weighted by Gasteiger charge is 2.31. The summed E-state index contributed by atoms with van der Waals surface area (Å²) in [4.78, 5) is 17.8. The zero-order chi connectivity index (χ0) is 18.9. The summed E-state index contributed by atoms with van der Waals surface area (Å²) in [5.41, 5.74) is 1.87. The van der Waals surface area contributed by atoms with E-state index < -0.39 is 5.92 Å². The van der Waals surface area contributed by atoms with Gasteiger partial charge in [-0.05, 0) is 56.6 Å². The van der Waals surface area contributed by atoms with Crippen LogP contribution >= 0.6 is 0 Å². The smallest absolute Gasteiger partial charge is 0.306 e. The second kappa shape index (κ2) is 7.74. The molecule has 4 rings (SSSR count). The van der Waals surface area contributed by atoms with Gasteiger partial charge in [0.05, 0.1) is 11.0 Å². The number of hydrogen-bond donors (Lipinski definition) is 1. The van der Waals surface area contributed by atoms with Gasteiger partial charge in [-0.3, -0.25) is 4.57 Å². The van der Waals surface area contributed by atoms with Gasteiger partial charge in [0.25, 0.3) is 0 Å². The lowest BCUT2D eigenvalue weighted by molar-refractivity contribution is -0.0284. The van der Waals surface area contributed by atoms with Crippen molar-refractivity contribution in [1.29, 1.82) is 0 Å². The summed E-state index contributed by atoms with van der Waals surface area (Å²) >= 11 is 0. The number of fused-ring (bicyclic) bond motifs is 1. The number of hydrogen-bond acceptors (Lipinski definition) is 2. The first kappa shape index (κ1) is 18.7. The second-order valence-electron chi connectivity index (χ2n) is 8.36. The van der Waals surface area contributed by atoms with Crippen LogP contribution in [0.2, 0.25) is 0 Å². The molecule has 0 amide bonds. The van der Waals surface area contributed by atoms with Crippen LogP contribution in [0.4, 0.5) is 8.78 Å². The molecular formula is C21H29F2N3O. The number of likely N-dealkylation sites (tertiary alicyclic amines) is 1. The molecule has 6 heteroatoms. The van der Waals surface area contributed by atoms with Crippen LogP contribution in [0.1, 0.15) is 57.4 Å². The van der Waals surface area contributed by atoms with Crippen molar-refractivity contribution in [3.8, 4) is 0 Å². The van der Waals surface area contributed by atoms with Crippen molar-refractivity contribution in [2.75, 3.05) is 19.6 Å². The van der Waals surface area contributed by atoms with E-state index in [0.29, 0.717) is 18.8 Å². The van der Waals surface area contributed by atoms with Crippen molar-refractivity contribution in [2.24, 2.45) is 5.92 Å². The van der Waals surface area contributed by atoms with E-state index in [0.717, 1.165) is 56.4 Å². The largest absolute Gasteiger partial charge is 0.326 e. The van der Waals surface area contributed by atoms with Gasteiger partial charge in [0, 0.05) is 38.5 Å². The van der Waals surface area contributed by atoms with Gasteiger partial charge in [-0.1, -0.05) is 12.1 Å². The predicted octanol–water partition coefficient (Wildman–Crippen LogP) is 4.57. The maximum absolute atomic E-state index is 13.5. The third-order valence-electron chi connectivity index (χ3n) is 6.37. The average Bonchev–Trinajstić information content (AvgIpc) is 2.96. The molecule has 1 N–H and O–H groups in total. The Hall–Kier alpha value is -1.69. The fraction of sp³-hybridized carbons (Fsp3) is 0.667. The van der Waals surface area contributed by atoms with E-state index in [1.165, 1.54) is 0 Å². The summed E-state index contributed by atoms with van der Waals surface area (Å²) in [5.74, 6) is -1.91. The molecule has 148 valence electrons. The molecule has 1 saturated carbocycles. The van der Waals surface area contributed by atoms with Crippen LogP contribution < -0.4 is 5.69 Å². The van der Waals surface area contributed by atoms with Crippen LogP contribution in [-0.4, -0.2) is 40.0 Å². The van der Waals surface area contributed by atoms with E-state index in [9.17, 15) is 13.6 Å². The Balaban J connectivity index is 1.34. The van der Waals surface area contributed by atoms with E-state index in [2.05, 4.69) is 9.88 Å². The van der Waals surface area contributed by atoms with Gasteiger partial charge in [0.1, 0.15) is 0 Å². The van der Waals surface area contributed by atoms with E-state index >= 15 is 0 Å². The predicted molar refractivity (Wildman–Crippen MR) is 103 cm³/mol. The number of H-pyrrole nitrogens is 1. The number of benzene rings is 1. The van der Waals surface area contributed by atoms with Crippen molar-refractivity contribution in [2.45, 2.75) is 63.3 Å². The van der Waals surface area contributed by atoms with Crippen molar-refractivity contribution in [1.82, 2.24) is 14.5 Å². The molecule has 0 unspecified atom stereocenters. The van der Waals surface area contributed by atoms with Crippen LogP contribution in [0.15, 0.2) is 29.1 Å². The van der Waals surface area contributed by atoms with Crippen molar-refractivity contribution >= 4 is 11.0 Å². The average molecular weight is 377 g/mol. The summed E-state index contributed by atoms with van der Waals surface area (Å²) in [7, 11) is 0. The fourth-order valence-electron chi connectivity index (χ4n) is 4.91. The zero-order valence-corrected chi connectivity index (χ0v) is 15.8. The molecule has 1 saturated heterocycles. The molecule has 2 heterocycles. The zero-order valence-electron chi connectivity index (χ0n) is 15.8. The summed E-state index contributed by atoms with van der Waals surface area (Å²) in [6, 6.07) is 8.10. The highest BCUT2D eigenvalue weighted by Crippen LogP contribution is 2.34. The van der Waals surface area contributed by atoms with Gasteiger partial charge in [0.15, 0.2) is 0 Å². The molecule has 1 aliphatic heterocycles. The topological polar surface area (TPSA) is 41.0 Å². The van der Waals surface area contributed by atoms with Gasteiger partial charge >= 0.3 is 5.69 Å². The monoisotopic (exact) mass is 377 g/mol. The van der Waals surface area contributed by atoms with Gasteiger partial charge in [-0.25, -0.2) is 13.6 Å². The lowest BCUT2D eigenvalue weighted by Gasteiger charge is -2.35. The SMILES string of the molecule is O=c1[nH]c2ccccc2n1C1CCN(CC2CCCC(F)(F)CCC2)CC1. The third-order valence-corrected chi connectivity index (χ3v) is 6.37. The maximum atomic E-state index is 13.5. The molecule has 4 nitrogen and oxygen atoms in total. The number of piperidine rings is 1. The molecule has 1 aromatic heterocycles. The quantitative estimate of drug-likeness (QED) is 0.851. The molecular weight excluding hydrogens is 348 g/mol. The molecule has 2 aromatic rings. The maximum Gasteiger partial charge on any atom is 0.326 e. The number of nitrogens with one attached hydrogen (secondary N) is 1. The number of rotatable bonds is 3. The highest BCUT2D eigenvalue weighted by atomic mass is 19.3. The van der Waals surface area contributed by atoms with E-state index in [4.69, 9.17) is 0 Å². The van der Waals surface area contributed by atoms with Gasteiger partial charge in [-0.15, -0.1) is 0 Å². The lowest BCUT2D eigenvalue weighted by Crippen LogP contribution is -2.39. The molecule has 2 fully saturated rings. The first-order valence-corrected chi connectivity index (χ1v) is 10.3. The number of aromatic amines is 1. The Morgan fingerprint density at radius 3 is 2.41 bits per heavy atom. The van der Waals surface area contributed by atoms with E-state index in [1.54, 1.807) is 0 Å². The normalized spacial score (nSPS) is 23.3. The van der Waals surface area contributed by atoms with Crippen LogP contribution in [0.3, 0.4) is 0 Å². The van der Waals surface area contributed by atoms with Gasteiger partial charge < -0.3 is 9.88 Å². The second-order valence-corrected chi connectivity index (χ2v) is 8.36. The van der Waals surface area contributed by atoms with Crippen molar-refractivity contribution in [3.05, 3.63) is 34.7 Å². The summed E-state index contributed by atoms with van der Waals surface area (Å²) < 4.78 is 28.9. The minimum atomic E-state index is -2.45. The molecule has 0 spiro atoms. The number of aromatic nitrogens is 2. The summed E-state index contributed by atoms with van der Waals surface area (Å²) in [6.07, 6.45) is 5.13. The Kier molecular flexibility index (Phi) is 5.35. The van der Waals surface area contributed by atoms with Crippen LogP contribution in [0.5, 0.6) is 0 Å². The molecule has 1 aromatic carbocycles. The molecule has 1 aliphatic carbocycles. The highest BCUT2D eigenvalue weighted by molar-refractivity contribution is 5.75. The minimum absolute atomic E-state index is 0.0180. The van der Waals surface area contributed by atoms with Crippen molar-refractivity contribution in [3.63, 3.8) is 0 Å². The number of nitrogens with zero attached hydrogens (tertiary/aromatic N) is 2. The van der Waals surface area contributed by atoms with Crippen molar-refractivity contribution < 1.29 is 8.78 Å². The standard InChI is InChI=1S/C21H29F2N3O/c22-21(23)11-3-5-16(6-4-12-21)15-25-13-9-17(10-14-25)26-19-8-2-1-7-18(19)24-20(26)27/h1-2,7-8,16-17H,3-6,9-15H2,(H,24,27). The summed E-state index contributed by atoms with van der Waals surface area (Å²) in [6.45, 7) is 2.97. The minimum Gasteiger partial charge on any atom is -0.306 e. The first-order chi connectivity index (χ1) is 13.0. The fourth-order valence-corrected chi connectivity index (χ4v) is 4.91. The van der Waals surface area contributed by atoms with Gasteiger partial charge in [0.2, 0.25) is 5.92 Å². The molecule has 27 heavy (non-hydrogen) atoms.